The molecule has 2 rings (SSSR count). The molecule has 0 bridgehead atoms. The van der Waals surface area contributed by atoms with Crippen molar-refractivity contribution in [1.29, 1.82) is 0 Å². The molecular weight excluding hydrogens is 199 g/mol. The van der Waals surface area contributed by atoms with Crippen LogP contribution in [0.15, 0.2) is 30.5 Å². The Balaban J connectivity index is 2.29. The Bertz CT molecular complexity index is 457. The second-order valence-electron chi connectivity index (χ2n) is 2.95. The first kappa shape index (κ1) is 9.75. The van der Waals surface area contributed by atoms with E-state index < -0.39 is 0 Å². The van der Waals surface area contributed by atoms with Gasteiger partial charge in [-0.3, -0.25) is 4.84 Å². The quantitative estimate of drug-likeness (QED) is 0.757. The lowest BCUT2D eigenvalue weighted by molar-refractivity contribution is 0.121. The molecule has 2 N–H and O–H groups in total. The normalized spacial score (nSPS) is 10.5. The average Bonchev–Trinajstić information content (AvgIpc) is 2.67. The summed E-state index contributed by atoms with van der Waals surface area (Å²) in [6, 6.07) is 6.06. The molecule has 0 fully saturated rings. The number of halogens is 1. The molecule has 15 heavy (non-hydrogen) atoms. The van der Waals surface area contributed by atoms with Crippen LogP contribution in [0, 0.1) is 5.82 Å². The van der Waals surface area contributed by atoms with Gasteiger partial charge in [-0.1, -0.05) is 11.3 Å². The summed E-state index contributed by atoms with van der Waals surface area (Å²) in [5.41, 5.74) is 1.19. The van der Waals surface area contributed by atoms with Crippen molar-refractivity contribution in [2.45, 2.75) is 6.61 Å². The van der Waals surface area contributed by atoms with Gasteiger partial charge in [-0.15, -0.1) is 5.10 Å². The maximum absolute atomic E-state index is 12.9. The molecule has 1 aromatic carbocycles. The van der Waals surface area contributed by atoms with Crippen LogP contribution in [-0.4, -0.2) is 15.0 Å². The highest BCUT2D eigenvalue weighted by molar-refractivity contribution is 5.30. The minimum absolute atomic E-state index is 0.176. The zero-order chi connectivity index (χ0) is 10.7. The number of nitrogens with two attached hydrogens (primary N) is 1. The molecule has 5 nitrogen and oxygen atoms in total. The fourth-order valence-corrected chi connectivity index (χ4v) is 1.19. The summed E-state index contributed by atoms with van der Waals surface area (Å²) in [5.74, 6) is 4.58. The number of rotatable bonds is 3. The Labute approximate surface area is 85.2 Å². The lowest BCUT2D eigenvalue weighted by Crippen LogP contribution is -1.98. The molecule has 78 valence electrons. The van der Waals surface area contributed by atoms with Gasteiger partial charge in [-0.05, 0) is 18.2 Å². The predicted octanol–water partition coefficient (Wildman–Crippen LogP) is 0.797. The Morgan fingerprint density at radius 1 is 1.47 bits per heavy atom. The number of nitrogens with zero attached hydrogens (tertiary/aromatic N) is 3. The molecule has 6 heteroatoms. The van der Waals surface area contributed by atoms with Gasteiger partial charge in [-0.25, -0.2) is 15.0 Å². The average molecular weight is 208 g/mol. The molecule has 0 radical (unpaired) electrons. The van der Waals surface area contributed by atoms with Crippen LogP contribution in [0.3, 0.4) is 0 Å². The third-order valence-corrected chi connectivity index (χ3v) is 1.84. The summed E-state index contributed by atoms with van der Waals surface area (Å²) in [4.78, 5) is 4.41. The molecule has 0 spiro atoms. The highest BCUT2D eigenvalue weighted by Gasteiger charge is 2.02. The van der Waals surface area contributed by atoms with Crippen molar-refractivity contribution in [2.75, 3.05) is 0 Å². The first-order chi connectivity index (χ1) is 7.29. The van der Waals surface area contributed by atoms with Crippen LogP contribution in [0.5, 0.6) is 0 Å². The fraction of sp³-hybridized carbons (Fsp3) is 0.111. The molecule has 0 aliphatic carbocycles. The van der Waals surface area contributed by atoms with E-state index in [2.05, 4.69) is 15.1 Å². The van der Waals surface area contributed by atoms with E-state index in [0.29, 0.717) is 11.4 Å². The molecular formula is C9H9FN4O. The number of hydrogen-bond acceptors (Lipinski definition) is 4. The van der Waals surface area contributed by atoms with Crippen LogP contribution in [0.1, 0.15) is 5.69 Å². The third kappa shape index (κ3) is 2.17. The van der Waals surface area contributed by atoms with Gasteiger partial charge in [0.1, 0.15) is 18.1 Å². The summed E-state index contributed by atoms with van der Waals surface area (Å²) < 4.78 is 14.4. The number of aromatic nitrogens is 3. The van der Waals surface area contributed by atoms with Crippen molar-refractivity contribution < 1.29 is 9.23 Å². The van der Waals surface area contributed by atoms with Crippen LogP contribution in [0.25, 0.3) is 5.69 Å². The number of hydrogen-bond donors (Lipinski definition) is 1. The zero-order valence-corrected chi connectivity index (χ0v) is 7.80. The lowest BCUT2D eigenvalue weighted by Gasteiger charge is -1.98. The summed E-state index contributed by atoms with van der Waals surface area (Å²) in [7, 11) is 0. The van der Waals surface area contributed by atoms with Crippen molar-refractivity contribution in [2.24, 2.45) is 5.90 Å². The second kappa shape index (κ2) is 4.16. The largest absolute Gasteiger partial charge is 0.298 e. The maximum atomic E-state index is 12.9. The van der Waals surface area contributed by atoms with E-state index in [1.807, 2.05) is 0 Å². The molecule has 1 heterocycles. The Morgan fingerprint density at radius 3 is 3.07 bits per heavy atom. The summed E-state index contributed by atoms with van der Waals surface area (Å²) in [6.45, 7) is 0.176. The first-order valence-corrected chi connectivity index (χ1v) is 4.28. The summed E-state index contributed by atoms with van der Waals surface area (Å²) in [5, 5.41) is 7.61. The molecule has 1 aromatic heterocycles. The molecule has 0 amide bonds. The molecule has 0 aliphatic rings. The highest BCUT2D eigenvalue weighted by atomic mass is 19.1. The van der Waals surface area contributed by atoms with Gasteiger partial charge in [0.15, 0.2) is 0 Å². The number of benzene rings is 1. The van der Waals surface area contributed by atoms with Crippen LogP contribution in [0.2, 0.25) is 0 Å². The zero-order valence-electron chi connectivity index (χ0n) is 7.80. The van der Waals surface area contributed by atoms with Crippen molar-refractivity contribution in [3.63, 3.8) is 0 Å². The smallest absolute Gasteiger partial charge is 0.125 e. The SMILES string of the molecule is NOCc1cn(-c2cccc(F)c2)nn1. The van der Waals surface area contributed by atoms with E-state index in [1.54, 1.807) is 18.3 Å². The maximum Gasteiger partial charge on any atom is 0.125 e. The summed E-state index contributed by atoms with van der Waals surface area (Å²) in [6.07, 6.45) is 1.63. The fourth-order valence-electron chi connectivity index (χ4n) is 1.19. The third-order valence-electron chi connectivity index (χ3n) is 1.84. The van der Waals surface area contributed by atoms with E-state index in [9.17, 15) is 4.39 Å². The Hall–Kier alpha value is -1.79. The highest BCUT2D eigenvalue weighted by Crippen LogP contribution is 2.08. The van der Waals surface area contributed by atoms with Crippen molar-refractivity contribution in [3.8, 4) is 5.69 Å². The van der Waals surface area contributed by atoms with E-state index in [0.717, 1.165) is 0 Å². The molecule has 0 aliphatic heterocycles. The van der Waals surface area contributed by atoms with Crippen LogP contribution in [0.4, 0.5) is 4.39 Å². The van der Waals surface area contributed by atoms with Gasteiger partial charge in [0, 0.05) is 0 Å². The van der Waals surface area contributed by atoms with Gasteiger partial charge >= 0.3 is 0 Å². The predicted molar refractivity (Wildman–Crippen MR) is 50.3 cm³/mol. The van der Waals surface area contributed by atoms with Crippen molar-refractivity contribution in [1.82, 2.24) is 15.0 Å². The van der Waals surface area contributed by atoms with Gasteiger partial charge in [0.05, 0.1) is 11.9 Å². The summed E-state index contributed by atoms with van der Waals surface area (Å²) >= 11 is 0. The van der Waals surface area contributed by atoms with Crippen LogP contribution in [-0.2, 0) is 11.4 Å². The molecule has 0 unspecified atom stereocenters. The minimum Gasteiger partial charge on any atom is -0.298 e. The van der Waals surface area contributed by atoms with Gasteiger partial charge in [-0.2, -0.15) is 0 Å². The standard InChI is InChI=1S/C9H9FN4O/c10-7-2-1-3-9(4-7)14-5-8(6-15-11)12-13-14/h1-5H,6,11H2. The molecule has 0 atom stereocenters. The first-order valence-electron chi connectivity index (χ1n) is 4.28. The minimum atomic E-state index is -0.320. The van der Waals surface area contributed by atoms with Crippen LogP contribution >= 0.6 is 0 Å². The molecule has 0 saturated carbocycles. The lowest BCUT2D eigenvalue weighted by atomic mass is 10.3. The van der Waals surface area contributed by atoms with Crippen LogP contribution < -0.4 is 5.90 Å². The van der Waals surface area contributed by atoms with E-state index in [1.165, 1.54) is 16.8 Å². The second-order valence-corrected chi connectivity index (χ2v) is 2.95. The Kier molecular flexibility index (Phi) is 2.70. The van der Waals surface area contributed by atoms with Gasteiger partial charge in [0.25, 0.3) is 0 Å². The Morgan fingerprint density at radius 2 is 2.33 bits per heavy atom. The van der Waals surface area contributed by atoms with Gasteiger partial charge < -0.3 is 0 Å². The van der Waals surface area contributed by atoms with Crippen molar-refractivity contribution in [3.05, 3.63) is 42.0 Å². The van der Waals surface area contributed by atoms with Gasteiger partial charge in [0.2, 0.25) is 0 Å². The molecule has 0 saturated heterocycles. The van der Waals surface area contributed by atoms with Crippen molar-refractivity contribution >= 4 is 0 Å². The topological polar surface area (TPSA) is 66.0 Å². The monoisotopic (exact) mass is 208 g/mol. The van der Waals surface area contributed by atoms with E-state index >= 15 is 0 Å². The van der Waals surface area contributed by atoms with E-state index in [-0.39, 0.29) is 12.4 Å². The van der Waals surface area contributed by atoms with E-state index in [4.69, 9.17) is 5.90 Å². The molecule has 2 aromatic rings.